The molecule has 1 amide bonds. The fraction of sp³-hybridized carbons (Fsp3) is 0.533. The normalized spacial score (nSPS) is 18.2. The second-order valence-corrected chi connectivity index (χ2v) is 5.04. The molecule has 1 N–H and O–H groups in total. The van der Waals surface area contributed by atoms with Crippen LogP contribution >= 0.6 is 0 Å². The molecule has 0 spiro atoms. The Morgan fingerprint density at radius 2 is 1.79 bits per heavy atom. The molecule has 0 radical (unpaired) electrons. The Labute approximate surface area is 114 Å². The van der Waals surface area contributed by atoms with Crippen molar-refractivity contribution in [2.24, 2.45) is 0 Å². The summed E-state index contributed by atoms with van der Waals surface area (Å²) in [4.78, 5) is 13.9. The molecule has 1 aromatic rings. The number of rotatable bonds is 4. The summed E-state index contributed by atoms with van der Waals surface area (Å²) in [5.74, 6) is 0.710. The van der Waals surface area contributed by atoms with Crippen molar-refractivity contribution in [1.29, 1.82) is 0 Å². The van der Waals surface area contributed by atoms with Gasteiger partial charge in [0, 0.05) is 13.1 Å². The number of aliphatic hydroxyl groups excluding tert-OH is 1. The monoisotopic (exact) mass is 263 g/mol. The summed E-state index contributed by atoms with van der Waals surface area (Å²) in [5, 5.41) is 9.43. The molecule has 0 aliphatic carbocycles. The largest absolute Gasteiger partial charge is 0.481 e. The highest BCUT2D eigenvalue weighted by atomic mass is 16.5. The van der Waals surface area contributed by atoms with E-state index in [-0.39, 0.29) is 5.91 Å². The van der Waals surface area contributed by atoms with E-state index in [0.29, 0.717) is 5.75 Å². The first kappa shape index (κ1) is 13.9. The van der Waals surface area contributed by atoms with E-state index in [2.05, 4.69) is 0 Å². The fourth-order valence-electron chi connectivity index (χ4n) is 2.27. The highest BCUT2D eigenvalue weighted by molar-refractivity contribution is 5.81. The van der Waals surface area contributed by atoms with Crippen LogP contribution in [0.3, 0.4) is 0 Å². The maximum atomic E-state index is 12.1. The van der Waals surface area contributed by atoms with Gasteiger partial charge in [-0.15, -0.1) is 0 Å². The van der Waals surface area contributed by atoms with Gasteiger partial charge in [-0.05, 0) is 44.4 Å². The third kappa shape index (κ3) is 3.47. The van der Waals surface area contributed by atoms with E-state index < -0.39 is 12.2 Å². The lowest BCUT2D eigenvalue weighted by Crippen LogP contribution is -2.38. The Kier molecular flexibility index (Phi) is 4.43. The van der Waals surface area contributed by atoms with Gasteiger partial charge in [0.25, 0.3) is 5.91 Å². The Balaban J connectivity index is 1.94. The zero-order valence-corrected chi connectivity index (χ0v) is 11.5. The minimum absolute atomic E-state index is 0.0529. The Morgan fingerprint density at radius 3 is 2.32 bits per heavy atom. The molecule has 4 nitrogen and oxygen atoms in total. The number of aliphatic hydroxyl groups is 1. The number of amides is 1. The first-order valence-electron chi connectivity index (χ1n) is 6.81. The van der Waals surface area contributed by atoms with Crippen LogP contribution in [0.15, 0.2) is 24.3 Å². The second-order valence-electron chi connectivity index (χ2n) is 5.04. The molecule has 1 fully saturated rings. The first-order valence-corrected chi connectivity index (χ1v) is 6.81. The van der Waals surface area contributed by atoms with Crippen LogP contribution in [0.2, 0.25) is 0 Å². The number of ether oxygens (including phenoxy) is 1. The number of hydrogen-bond acceptors (Lipinski definition) is 3. The molecule has 1 aromatic carbocycles. The third-order valence-electron chi connectivity index (χ3n) is 3.44. The molecule has 19 heavy (non-hydrogen) atoms. The summed E-state index contributed by atoms with van der Waals surface area (Å²) in [6, 6.07) is 7.20. The van der Waals surface area contributed by atoms with Crippen LogP contribution in [0, 0.1) is 0 Å². The molecule has 104 valence electrons. The standard InChI is InChI=1S/C15H21NO3/c1-11(17)13-5-7-14(8-6-13)19-12(2)15(18)16-9-3-4-10-16/h5-8,11-12,17H,3-4,9-10H2,1-2H3. The molecule has 2 rings (SSSR count). The minimum atomic E-state index is -0.488. The predicted octanol–water partition coefficient (Wildman–Crippen LogP) is 2.13. The van der Waals surface area contributed by atoms with E-state index in [0.717, 1.165) is 31.5 Å². The van der Waals surface area contributed by atoms with Crippen molar-refractivity contribution in [2.45, 2.75) is 38.9 Å². The zero-order valence-electron chi connectivity index (χ0n) is 11.5. The summed E-state index contributed by atoms with van der Waals surface area (Å²) in [6.45, 7) is 5.18. The quantitative estimate of drug-likeness (QED) is 0.905. The van der Waals surface area contributed by atoms with Gasteiger partial charge in [-0.2, -0.15) is 0 Å². The van der Waals surface area contributed by atoms with Gasteiger partial charge in [0.15, 0.2) is 6.10 Å². The summed E-state index contributed by atoms with van der Waals surface area (Å²) in [7, 11) is 0. The van der Waals surface area contributed by atoms with Gasteiger partial charge in [0.2, 0.25) is 0 Å². The number of benzene rings is 1. The predicted molar refractivity (Wildman–Crippen MR) is 73.0 cm³/mol. The van der Waals surface area contributed by atoms with Crippen LogP contribution in [0.4, 0.5) is 0 Å². The number of carbonyl (C=O) groups excluding carboxylic acids is 1. The Morgan fingerprint density at radius 1 is 1.21 bits per heavy atom. The van der Waals surface area contributed by atoms with E-state index >= 15 is 0 Å². The molecule has 2 unspecified atom stereocenters. The molecule has 0 bridgehead atoms. The van der Waals surface area contributed by atoms with E-state index in [1.165, 1.54) is 0 Å². The molecule has 1 aliphatic heterocycles. The maximum absolute atomic E-state index is 12.1. The number of carbonyl (C=O) groups is 1. The highest BCUT2D eigenvalue weighted by Crippen LogP contribution is 2.19. The average Bonchev–Trinajstić information content (AvgIpc) is 2.92. The van der Waals surface area contributed by atoms with Crippen molar-refractivity contribution < 1.29 is 14.6 Å². The summed E-state index contributed by atoms with van der Waals surface area (Å²) < 4.78 is 5.65. The Hall–Kier alpha value is -1.55. The number of likely N-dealkylation sites (tertiary alicyclic amines) is 1. The van der Waals surface area contributed by atoms with Crippen molar-refractivity contribution in [1.82, 2.24) is 4.90 Å². The maximum Gasteiger partial charge on any atom is 0.263 e. The number of hydrogen-bond donors (Lipinski definition) is 1. The van der Waals surface area contributed by atoms with Crippen LogP contribution in [0.1, 0.15) is 38.4 Å². The van der Waals surface area contributed by atoms with Crippen LogP contribution in [-0.4, -0.2) is 35.1 Å². The first-order chi connectivity index (χ1) is 9.08. The van der Waals surface area contributed by atoms with Gasteiger partial charge >= 0.3 is 0 Å². The van der Waals surface area contributed by atoms with Crippen molar-refractivity contribution in [3.05, 3.63) is 29.8 Å². The molecule has 1 heterocycles. The van der Waals surface area contributed by atoms with Gasteiger partial charge in [0.05, 0.1) is 6.10 Å². The van der Waals surface area contributed by atoms with Gasteiger partial charge in [0.1, 0.15) is 5.75 Å². The summed E-state index contributed by atoms with van der Waals surface area (Å²) in [6.07, 6.45) is 1.22. The van der Waals surface area contributed by atoms with Crippen molar-refractivity contribution in [3.63, 3.8) is 0 Å². The van der Waals surface area contributed by atoms with Crippen LogP contribution in [0.5, 0.6) is 5.75 Å². The third-order valence-corrected chi connectivity index (χ3v) is 3.44. The topological polar surface area (TPSA) is 49.8 Å². The van der Waals surface area contributed by atoms with Gasteiger partial charge in [-0.1, -0.05) is 12.1 Å². The zero-order chi connectivity index (χ0) is 13.8. The summed E-state index contributed by atoms with van der Waals surface area (Å²) in [5.41, 5.74) is 0.839. The van der Waals surface area contributed by atoms with Gasteiger partial charge < -0.3 is 14.7 Å². The molecule has 1 aliphatic rings. The lowest BCUT2D eigenvalue weighted by Gasteiger charge is -2.21. The molecular formula is C15H21NO3. The van der Waals surface area contributed by atoms with E-state index in [4.69, 9.17) is 4.74 Å². The van der Waals surface area contributed by atoms with Crippen molar-refractivity contribution in [3.8, 4) is 5.75 Å². The van der Waals surface area contributed by atoms with Crippen LogP contribution < -0.4 is 4.74 Å². The summed E-state index contributed by atoms with van der Waals surface area (Å²) >= 11 is 0. The fourth-order valence-corrected chi connectivity index (χ4v) is 2.27. The molecule has 1 saturated heterocycles. The average molecular weight is 263 g/mol. The minimum Gasteiger partial charge on any atom is -0.481 e. The van der Waals surface area contributed by atoms with Crippen LogP contribution in [-0.2, 0) is 4.79 Å². The van der Waals surface area contributed by atoms with Crippen molar-refractivity contribution in [2.75, 3.05) is 13.1 Å². The van der Waals surface area contributed by atoms with Crippen molar-refractivity contribution >= 4 is 5.91 Å². The van der Waals surface area contributed by atoms with Crippen LogP contribution in [0.25, 0.3) is 0 Å². The van der Waals surface area contributed by atoms with E-state index in [1.54, 1.807) is 26.0 Å². The lowest BCUT2D eigenvalue weighted by molar-refractivity contribution is -0.136. The molecule has 0 aromatic heterocycles. The van der Waals surface area contributed by atoms with E-state index in [1.807, 2.05) is 17.0 Å². The molecule has 4 heteroatoms. The molecular weight excluding hydrogens is 242 g/mol. The molecule has 2 atom stereocenters. The number of nitrogens with zero attached hydrogens (tertiary/aromatic N) is 1. The van der Waals surface area contributed by atoms with Gasteiger partial charge in [-0.3, -0.25) is 4.79 Å². The highest BCUT2D eigenvalue weighted by Gasteiger charge is 2.24. The molecule has 0 saturated carbocycles. The van der Waals surface area contributed by atoms with Gasteiger partial charge in [-0.25, -0.2) is 0 Å². The van der Waals surface area contributed by atoms with E-state index in [9.17, 15) is 9.90 Å². The lowest BCUT2D eigenvalue weighted by atomic mass is 10.1. The SMILES string of the molecule is CC(Oc1ccc(C(C)O)cc1)C(=O)N1CCCC1. The second kappa shape index (κ2) is 6.06. The Bertz CT molecular complexity index is 422. The smallest absolute Gasteiger partial charge is 0.263 e.